The van der Waals surface area contributed by atoms with Crippen LogP contribution in [0.1, 0.15) is 44.2 Å². The van der Waals surface area contributed by atoms with Crippen LogP contribution < -0.4 is 15.0 Å². The van der Waals surface area contributed by atoms with Crippen LogP contribution in [0.15, 0.2) is 46.6 Å². The van der Waals surface area contributed by atoms with Crippen molar-refractivity contribution in [2.24, 2.45) is 10.2 Å². The Bertz CT molecular complexity index is 928. The lowest BCUT2D eigenvalue weighted by Gasteiger charge is -2.29. The maximum atomic E-state index is 12.0. The van der Waals surface area contributed by atoms with Crippen molar-refractivity contribution in [2.45, 2.75) is 52.6 Å². The van der Waals surface area contributed by atoms with Gasteiger partial charge in [-0.05, 0) is 32.3 Å². The van der Waals surface area contributed by atoms with E-state index in [9.17, 15) is 4.79 Å². The first-order chi connectivity index (χ1) is 16.0. The molecule has 178 valence electrons. The minimum atomic E-state index is 0.0496. The number of nitrogens with zero attached hydrogens (tertiary/aromatic N) is 4. The number of pyridine rings is 1. The molecule has 1 aliphatic heterocycles. The zero-order valence-corrected chi connectivity index (χ0v) is 19.9. The molecular formula is C25H35N5O3. The number of carbonyl (C=O) groups excluding carboxylic acids is 1. The number of anilines is 1. The van der Waals surface area contributed by atoms with Gasteiger partial charge in [0.25, 0.3) is 0 Å². The van der Waals surface area contributed by atoms with Crippen molar-refractivity contribution in [1.82, 2.24) is 10.3 Å². The van der Waals surface area contributed by atoms with Crippen molar-refractivity contribution in [1.29, 1.82) is 0 Å². The molecule has 3 rings (SSSR count). The highest BCUT2D eigenvalue weighted by atomic mass is 16.5. The number of hydrogen-bond donors (Lipinski definition) is 1. The van der Waals surface area contributed by atoms with Gasteiger partial charge in [0.2, 0.25) is 11.8 Å². The Morgan fingerprint density at radius 1 is 1.27 bits per heavy atom. The summed E-state index contributed by atoms with van der Waals surface area (Å²) in [4.78, 5) is 18.7. The SMILES string of the molecule is CCC(C)NC(=O)CCCOc1cc(N2CCOCC2)cc(N=NCc2cccc(C)c2)n1. The number of aryl methyl sites for hydroxylation is 1. The maximum absolute atomic E-state index is 12.0. The molecule has 1 aromatic heterocycles. The number of benzene rings is 1. The number of hydrogen-bond acceptors (Lipinski definition) is 7. The Morgan fingerprint density at radius 2 is 2.09 bits per heavy atom. The molecule has 1 aromatic carbocycles. The molecule has 1 amide bonds. The Kier molecular flexibility index (Phi) is 9.62. The van der Waals surface area contributed by atoms with E-state index in [4.69, 9.17) is 9.47 Å². The van der Waals surface area contributed by atoms with E-state index in [0.29, 0.717) is 50.9 Å². The van der Waals surface area contributed by atoms with Crippen LogP contribution in [0.4, 0.5) is 11.5 Å². The molecule has 0 radical (unpaired) electrons. The lowest BCUT2D eigenvalue weighted by Crippen LogP contribution is -2.36. The molecule has 0 aliphatic carbocycles. The van der Waals surface area contributed by atoms with Gasteiger partial charge in [0.15, 0.2) is 5.82 Å². The van der Waals surface area contributed by atoms with Crippen LogP contribution in [0, 0.1) is 6.92 Å². The highest BCUT2D eigenvalue weighted by Crippen LogP contribution is 2.26. The fourth-order valence-electron chi connectivity index (χ4n) is 3.47. The van der Waals surface area contributed by atoms with Crippen LogP contribution in [0.25, 0.3) is 0 Å². The molecule has 1 saturated heterocycles. The summed E-state index contributed by atoms with van der Waals surface area (Å²) in [6.07, 6.45) is 1.97. The van der Waals surface area contributed by atoms with Crippen molar-refractivity contribution in [3.63, 3.8) is 0 Å². The first-order valence-corrected chi connectivity index (χ1v) is 11.7. The average Bonchev–Trinajstić information content (AvgIpc) is 2.82. The fraction of sp³-hybridized carbons (Fsp3) is 0.520. The molecule has 0 bridgehead atoms. The number of nitrogens with one attached hydrogen (secondary N) is 1. The number of amides is 1. The summed E-state index contributed by atoms with van der Waals surface area (Å²) in [7, 11) is 0. The Balaban J connectivity index is 1.63. The second kappa shape index (κ2) is 12.9. The second-order valence-corrected chi connectivity index (χ2v) is 8.34. The predicted molar refractivity (Wildman–Crippen MR) is 129 cm³/mol. The summed E-state index contributed by atoms with van der Waals surface area (Å²) in [6, 6.07) is 12.3. The van der Waals surface area contributed by atoms with E-state index < -0.39 is 0 Å². The molecule has 33 heavy (non-hydrogen) atoms. The van der Waals surface area contributed by atoms with Crippen LogP contribution in [-0.4, -0.2) is 49.8 Å². The van der Waals surface area contributed by atoms with Crippen molar-refractivity contribution < 1.29 is 14.3 Å². The third kappa shape index (κ3) is 8.46. The second-order valence-electron chi connectivity index (χ2n) is 8.34. The molecule has 8 nitrogen and oxygen atoms in total. The van der Waals surface area contributed by atoms with E-state index in [1.54, 1.807) is 0 Å². The standard InChI is InChI=1S/C25H35N5O3/c1-4-20(3)27-24(31)9-6-12-33-25-17-22(30-10-13-32-14-11-30)16-23(28-25)29-26-18-21-8-5-7-19(2)15-21/h5,7-8,15-17,20H,4,6,9-14,18H2,1-3H3,(H,27,31). The molecule has 2 heterocycles. The number of morpholine rings is 1. The van der Waals surface area contributed by atoms with Crippen molar-refractivity contribution in [3.05, 3.63) is 47.5 Å². The number of rotatable bonds is 11. The van der Waals surface area contributed by atoms with E-state index in [0.717, 1.165) is 30.8 Å². The lowest BCUT2D eigenvalue weighted by molar-refractivity contribution is -0.121. The third-order valence-corrected chi connectivity index (χ3v) is 5.48. The zero-order chi connectivity index (χ0) is 23.5. The molecule has 1 unspecified atom stereocenters. The smallest absolute Gasteiger partial charge is 0.220 e. The Hall–Kier alpha value is -3.00. The van der Waals surface area contributed by atoms with Gasteiger partial charge in [0.1, 0.15) is 0 Å². The predicted octanol–water partition coefficient (Wildman–Crippen LogP) is 4.58. The van der Waals surface area contributed by atoms with Gasteiger partial charge in [-0.25, -0.2) is 0 Å². The average molecular weight is 454 g/mol. The highest BCUT2D eigenvalue weighted by Gasteiger charge is 2.14. The summed E-state index contributed by atoms with van der Waals surface area (Å²) in [5.41, 5.74) is 3.29. The molecule has 1 atom stereocenters. The minimum Gasteiger partial charge on any atom is -0.478 e. The zero-order valence-electron chi connectivity index (χ0n) is 19.9. The molecule has 0 saturated carbocycles. The van der Waals surface area contributed by atoms with Gasteiger partial charge in [0.05, 0.1) is 26.4 Å². The van der Waals surface area contributed by atoms with Crippen molar-refractivity contribution >= 4 is 17.4 Å². The van der Waals surface area contributed by atoms with E-state index in [1.165, 1.54) is 5.56 Å². The third-order valence-electron chi connectivity index (χ3n) is 5.48. The normalized spacial score (nSPS) is 14.9. The number of carbonyl (C=O) groups is 1. The van der Waals surface area contributed by atoms with Gasteiger partial charge >= 0.3 is 0 Å². The van der Waals surface area contributed by atoms with Gasteiger partial charge in [-0.3, -0.25) is 4.79 Å². The summed E-state index contributed by atoms with van der Waals surface area (Å²) in [5.74, 6) is 1.05. The van der Waals surface area contributed by atoms with Crippen LogP contribution in [0.3, 0.4) is 0 Å². The Morgan fingerprint density at radius 3 is 2.85 bits per heavy atom. The van der Waals surface area contributed by atoms with Crippen molar-refractivity contribution in [2.75, 3.05) is 37.8 Å². The quantitative estimate of drug-likeness (QED) is 0.397. The molecule has 1 aliphatic rings. The molecule has 1 fully saturated rings. The first kappa shape index (κ1) is 24.6. The van der Waals surface area contributed by atoms with Crippen LogP contribution in [0.5, 0.6) is 5.88 Å². The lowest BCUT2D eigenvalue weighted by atomic mass is 10.1. The molecule has 2 aromatic rings. The summed E-state index contributed by atoms with van der Waals surface area (Å²) in [6.45, 7) is 10.0. The van der Waals surface area contributed by atoms with Gasteiger partial charge < -0.3 is 19.7 Å². The van der Waals surface area contributed by atoms with Crippen molar-refractivity contribution in [3.8, 4) is 5.88 Å². The molecule has 1 N–H and O–H groups in total. The van der Waals surface area contributed by atoms with Gasteiger partial charge in [-0.2, -0.15) is 10.1 Å². The summed E-state index contributed by atoms with van der Waals surface area (Å²) in [5, 5.41) is 11.7. The van der Waals surface area contributed by atoms with E-state index in [2.05, 4.69) is 51.4 Å². The van der Waals surface area contributed by atoms with Gasteiger partial charge in [-0.1, -0.05) is 36.8 Å². The Labute approximate surface area is 196 Å². The van der Waals surface area contributed by atoms with E-state index in [1.807, 2.05) is 31.2 Å². The first-order valence-electron chi connectivity index (χ1n) is 11.7. The van der Waals surface area contributed by atoms with E-state index >= 15 is 0 Å². The topological polar surface area (TPSA) is 88.4 Å². The summed E-state index contributed by atoms with van der Waals surface area (Å²) < 4.78 is 11.4. The largest absolute Gasteiger partial charge is 0.478 e. The van der Waals surface area contributed by atoms with Crippen LogP contribution in [0.2, 0.25) is 0 Å². The highest BCUT2D eigenvalue weighted by molar-refractivity contribution is 5.76. The van der Waals surface area contributed by atoms with Crippen LogP contribution >= 0.6 is 0 Å². The van der Waals surface area contributed by atoms with Crippen LogP contribution in [-0.2, 0) is 16.1 Å². The summed E-state index contributed by atoms with van der Waals surface area (Å²) >= 11 is 0. The van der Waals surface area contributed by atoms with Gasteiger partial charge in [0, 0.05) is 43.4 Å². The number of azo groups is 1. The molecule has 0 spiro atoms. The minimum absolute atomic E-state index is 0.0496. The fourth-order valence-corrected chi connectivity index (χ4v) is 3.47. The van der Waals surface area contributed by atoms with E-state index in [-0.39, 0.29) is 11.9 Å². The monoisotopic (exact) mass is 453 g/mol. The maximum Gasteiger partial charge on any atom is 0.220 e. The number of aromatic nitrogens is 1. The molecule has 8 heteroatoms. The molecular weight excluding hydrogens is 418 g/mol. The van der Waals surface area contributed by atoms with Gasteiger partial charge in [-0.15, -0.1) is 5.11 Å². The number of ether oxygens (including phenoxy) is 2.